The highest BCUT2D eigenvalue weighted by molar-refractivity contribution is 6.10. The largest absolute Gasteiger partial charge is 0.289 e. The lowest BCUT2D eigenvalue weighted by Crippen LogP contribution is -2.07. The third-order valence-corrected chi connectivity index (χ3v) is 3.42. The first-order valence-corrected chi connectivity index (χ1v) is 7.09. The Morgan fingerprint density at radius 1 is 1.10 bits per heavy atom. The molecule has 0 N–H and O–H groups in total. The molecule has 0 saturated carbocycles. The minimum Gasteiger partial charge on any atom is -0.289 e. The van der Waals surface area contributed by atoms with Gasteiger partial charge in [0.2, 0.25) is 0 Å². The molecule has 0 spiro atoms. The molecular formula is C19H20O. The van der Waals surface area contributed by atoms with Gasteiger partial charge in [0.25, 0.3) is 0 Å². The maximum Gasteiger partial charge on any atom is 0.193 e. The smallest absolute Gasteiger partial charge is 0.193 e. The fraction of sp³-hybridized carbons (Fsp3) is 0.211. The van der Waals surface area contributed by atoms with Crippen LogP contribution in [0.15, 0.2) is 61.2 Å². The van der Waals surface area contributed by atoms with Crippen molar-refractivity contribution < 1.29 is 4.79 Å². The first-order valence-electron chi connectivity index (χ1n) is 7.09. The normalized spacial score (nSPS) is 10.2. The molecule has 20 heavy (non-hydrogen) atoms. The van der Waals surface area contributed by atoms with Gasteiger partial charge in [-0.25, -0.2) is 0 Å². The molecule has 102 valence electrons. The van der Waals surface area contributed by atoms with E-state index in [1.54, 1.807) is 0 Å². The number of allylic oxidation sites excluding steroid dienone is 1. The molecule has 0 aliphatic heterocycles. The van der Waals surface area contributed by atoms with Gasteiger partial charge in [0, 0.05) is 11.1 Å². The second kappa shape index (κ2) is 6.85. The van der Waals surface area contributed by atoms with E-state index in [4.69, 9.17) is 0 Å². The summed E-state index contributed by atoms with van der Waals surface area (Å²) in [4.78, 5) is 12.7. The van der Waals surface area contributed by atoms with Crippen molar-refractivity contribution in [2.45, 2.75) is 26.2 Å². The summed E-state index contributed by atoms with van der Waals surface area (Å²) < 4.78 is 0. The van der Waals surface area contributed by atoms with Crippen molar-refractivity contribution in [1.82, 2.24) is 0 Å². The number of rotatable bonds is 6. The van der Waals surface area contributed by atoms with Crippen LogP contribution in [-0.4, -0.2) is 5.78 Å². The minimum atomic E-state index is 0.0976. The SMILES string of the molecule is C=CCc1c(CCC)cccc1C(=O)c1ccccc1. The highest BCUT2D eigenvalue weighted by atomic mass is 16.1. The number of ketones is 1. The lowest BCUT2D eigenvalue weighted by Gasteiger charge is -2.12. The Balaban J connectivity index is 2.47. The molecule has 2 rings (SSSR count). The Morgan fingerprint density at radius 2 is 1.85 bits per heavy atom. The van der Waals surface area contributed by atoms with Crippen LogP contribution in [0.3, 0.4) is 0 Å². The van der Waals surface area contributed by atoms with E-state index in [9.17, 15) is 4.79 Å². The van der Waals surface area contributed by atoms with E-state index in [0.717, 1.165) is 36.0 Å². The van der Waals surface area contributed by atoms with Crippen LogP contribution in [-0.2, 0) is 12.8 Å². The van der Waals surface area contributed by atoms with Crippen molar-refractivity contribution in [1.29, 1.82) is 0 Å². The molecule has 0 saturated heterocycles. The first kappa shape index (κ1) is 14.3. The maximum atomic E-state index is 12.7. The second-order valence-corrected chi connectivity index (χ2v) is 4.88. The van der Waals surface area contributed by atoms with Crippen LogP contribution in [0, 0.1) is 0 Å². The standard InChI is InChI=1S/C19H20O/c1-3-9-15-13-8-14-18(17(15)10-4-2)19(20)16-11-6-5-7-12-16/h4-8,11-14H,2-3,9-10H2,1H3. The van der Waals surface area contributed by atoms with Crippen molar-refractivity contribution in [3.63, 3.8) is 0 Å². The van der Waals surface area contributed by atoms with E-state index in [-0.39, 0.29) is 5.78 Å². The summed E-state index contributed by atoms with van der Waals surface area (Å²) in [5.74, 6) is 0.0976. The van der Waals surface area contributed by atoms with Gasteiger partial charge < -0.3 is 0 Å². The summed E-state index contributed by atoms with van der Waals surface area (Å²) in [5.41, 5.74) is 3.93. The Labute approximate surface area is 121 Å². The molecule has 2 aromatic carbocycles. The first-order chi connectivity index (χ1) is 9.77. The molecule has 0 aromatic heterocycles. The summed E-state index contributed by atoms with van der Waals surface area (Å²) in [5, 5.41) is 0. The summed E-state index contributed by atoms with van der Waals surface area (Å²) in [7, 11) is 0. The fourth-order valence-corrected chi connectivity index (χ4v) is 2.48. The van der Waals surface area contributed by atoms with E-state index in [2.05, 4.69) is 19.6 Å². The predicted molar refractivity (Wildman–Crippen MR) is 84.2 cm³/mol. The average Bonchev–Trinajstić information content (AvgIpc) is 2.49. The van der Waals surface area contributed by atoms with Crippen molar-refractivity contribution in [2.75, 3.05) is 0 Å². The molecule has 0 fully saturated rings. The van der Waals surface area contributed by atoms with Crippen LogP contribution in [0.25, 0.3) is 0 Å². The summed E-state index contributed by atoms with van der Waals surface area (Å²) in [6, 6.07) is 15.5. The third kappa shape index (κ3) is 3.05. The summed E-state index contributed by atoms with van der Waals surface area (Å²) >= 11 is 0. The molecular weight excluding hydrogens is 244 g/mol. The number of hydrogen-bond acceptors (Lipinski definition) is 1. The van der Waals surface area contributed by atoms with E-state index in [1.807, 2.05) is 48.5 Å². The summed E-state index contributed by atoms with van der Waals surface area (Å²) in [6.45, 7) is 5.98. The fourth-order valence-electron chi connectivity index (χ4n) is 2.48. The number of benzene rings is 2. The van der Waals surface area contributed by atoms with Crippen LogP contribution < -0.4 is 0 Å². The Hall–Kier alpha value is -2.15. The molecule has 0 heterocycles. The number of carbonyl (C=O) groups is 1. The zero-order valence-electron chi connectivity index (χ0n) is 11.9. The molecule has 0 bridgehead atoms. The molecule has 0 aliphatic rings. The van der Waals surface area contributed by atoms with Crippen LogP contribution in [0.4, 0.5) is 0 Å². The topological polar surface area (TPSA) is 17.1 Å². The summed E-state index contributed by atoms with van der Waals surface area (Å²) in [6.07, 6.45) is 4.69. The zero-order valence-corrected chi connectivity index (χ0v) is 11.9. The molecule has 0 unspecified atom stereocenters. The highest BCUT2D eigenvalue weighted by Gasteiger charge is 2.14. The van der Waals surface area contributed by atoms with Gasteiger partial charge in [0.15, 0.2) is 5.78 Å². The van der Waals surface area contributed by atoms with Crippen LogP contribution in [0.2, 0.25) is 0 Å². The Kier molecular flexibility index (Phi) is 4.89. The van der Waals surface area contributed by atoms with Gasteiger partial charge in [0.05, 0.1) is 0 Å². The Bertz CT molecular complexity index is 596. The Morgan fingerprint density at radius 3 is 2.50 bits per heavy atom. The molecule has 0 radical (unpaired) electrons. The molecule has 1 heteroatoms. The number of hydrogen-bond donors (Lipinski definition) is 0. The predicted octanol–water partition coefficient (Wildman–Crippen LogP) is 4.60. The van der Waals surface area contributed by atoms with Crippen LogP contribution >= 0.6 is 0 Å². The van der Waals surface area contributed by atoms with Gasteiger partial charge in [-0.15, -0.1) is 6.58 Å². The van der Waals surface area contributed by atoms with Crippen molar-refractivity contribution in [3.05, 3.63) is 83.4 Å². The van der Waals surface area contributed by atoms with Gasteiger partial charge >= 0.3 is 0 Å². The zero-order chi connectivity index (χ0) is 14.4. The monoisotopic (exact) mass is 264 g/mol. The van der Waals surface area contributed by atoms with Crippen LogP contribution in [0.5, 0.6) is 0 Å². The number of aryl methyl sites for hydroxylation is 1. The highest BCUT2D eigenvalue weighted by Crippen LogP contribution is 2.21. The maximum absolute atomic E-state index is 12.7. The molecule has 2 aromatic rings. The lowest BCUT2D eigenvalue weighted by molar-refractivity contribution is 0.103. The molecule has 0 amide bonds. The average molecular weight is 264 g/mol. The van der Waals surface area contributed by atoms with E-state index in [1.165, 1.54) is 5.56 Å². The van der Waals surface area contributed by atoms with Gasteiger partial charge in [-0.2, -0.15) is 0 Å². The number of carbonyl (C=O) groups excluding carboxylic acids is 1. The van der Waals surface area contributed by atoms with Gasteiger partial charge in [-0.05, 0) is 24.0 Å². The van der Waals surface area contributed by atoms with Crippen molar-refractivity contribution in [2.24, 2.45) is 0 Å². The van der Waals surface area contributed by atoms with E-state index in [0.29, 0.717) is 0 Å². The van der Waals surface area contributed by atoms with Crippen molar-refractivity contribution >= 4 is 5.78 Å². The van der Waals surface area contributed by atoms with Gasteiger partial charge in [-0.1, -0.05) is 68.0 Å². The third-order valence-electron chi connectivity index (χ3n) is 3.42. The van der Waals surface area contributed by atoms with Crippen LogP contribution in [0.1, 0.15) is 40.4 Å². The molecule has 0 aliphatic carbocycles. The molecule has 0 atom stereocenters. The molecule has 1 nitrogen and oxygen atoms in total. The lowest BCUT2D eigenvalue weighted by atomic mass is 9.91. The van der Waals surface area contributed by atoms with Gasteiger partial charge in [0.1, 0.15) is 0 Å². The van der Waals surface area contributed by atoms with E-state index < -0.39 is 0 Å². The van der Waals surface area contributed by atoms with Gasteiger partial charge in [-0.3, -0.25) is 4.79 Å². The second-order valence-electron chi connectivity index (χ2n) is 4.88. The minimum absolute atomic E-state index is 0.0976. The van der Waals surface area contributed by atoms with Crippen molar-refractivity contribution in [3.8, 4) is 0 Å². The van der Waals surface area contributed by atoms with E-state index >= 15 is 0 Å². The quantitative estimate of drug-likeness (QED) is 0.550.